The number of hydrogen-bond donors (Lipinski definition) is 0. The number of hydrogen-bond acceptors (Lipinski definition) is 2. The first-order valence-corrected chi connectivity index (χ1v) is 3.75. The van der Waals surface area contributed by atoms with E-state index in [0.717, 1.165) is 6.54 Å². The van der Waals surface area contributed by atoms with E-state index >= 15 is 0 Å². The Morgan fingerprint density at radius 3 is 2.67 bits per heavy atom. The summed E-state index contributed by atoms with van der Waals surface area (Å²) >= 11 is 1.87. The first kappa shape index (κ1) is 9.34. The van der Waals surface area contributed by atoms with Gasteiger partial charge in [0.05, 0.1) is 5.37 Å². The fourth-order valence-corrected chi connectivity index (χ4v) is 1.35. The van der Waals surface area contributed by atoms with Gasteiger partial charge in [0.2, 0.25) is 0 Å². The van der Waals surface area contributed by atoms with Crippen LogP contribution in [0.3, 0.4) is 0 Å². The molecule has 1 unspecified atom stereocenters. The largest absolute Gasteiger partial charge is 0.291 e. The standard InChI is InChI=1S/C6H11NS.ClH/c1-6-7(2)4-3-5-8-6;/h3,5-6H,4H2,1-2H3;1H. The Morgan fingerprint density at radius 1 is 1.67 bits per heavy atom. The maximum atomic E-state index is 2.31. The zero-order chi connectivity index (χ0) is 5.98. The van der Waals surface area contributed by atoms with Gasteiger partial charge in [0, 0.05) is 6.54 Å². The van der Waals surface area contributed by atoms with Gasteiger partial charge in [0.25, 0.3) is 0 Å². The van der Waals surface area contributed by atoms with Gasteiger partial charge in [-0.25, -0.2) is 0 Å². The van der Waals surface area contributed by atoms with Crippen LogP contribution >= 0.6 is 24.2 Å². The van der Waals surface area contributed by atoms with E-state index in [0.29, 0.717) is 5.37 Å². The normalized spacial score (nSPS) is 27.6. The van der Waals surface area contributed by atoms with Gasteiger partial charge >= 0.3 is 0 Å². The van der Waals surface area contributed by atoms with E-state index in [1.807, 2.05) is 11.8 Å². The fraction of sp³-hybridized carbons (Fsp3) is 0.667. The van der Waals surface area contributed by atoms with Crippen molar-refractivity contribution in [2.75, 3.05) is 13.6 Å². The maximum Gasteiger partial charge on any atom is 0.0570 e. The highest BCUT2D eigenvalue weighted by molar-refractivity contribution is 8.02. The summed E-state index contributed by atoms with van der Waals surface area (Å²) in [4.78, 5) is 2.31. The van der Waals surface area contributed by atoms with Crippen LogP contribution in [-0.2, 0) is 0 Å². The molecule has 1 aliphatic heterocycles. The highest BCUT2D eigenvalue weighted by Gasteiger charge is 2.08. The first-order valence-electron chi connectivity index (χ1n) is 2.81. The van der Waals surface area contributed by atoms with Crippen molar-refractivity contribution in [1.82, 2.24) is 4.90 Å². The van der Waals surface area contributed by atoms with E-state index in [-0.39, 0.29) is 12.4 Å². The number of rotatable bonds is 0. The summed E-state index contributed by atoms with van der Waals surface area (Å²) in [5.41, 5.74) is 0. The lowest BCUT2D eigenvalue weighted by Crippen LogP contribution is -2.27. The molecule has 1 atom stereocenters. The molecule has 3 heteroatoms. The summed E-state index contributed by atoms with van der Waals surface area (Å²) in [6.07, 6.45) is 2.19. The lowest BCUT2D eigenvalue weighted by molar-refractivity contribution is 0.361. The van der Waals surface area contributed by atoms with Crippen molar-refractivity contribution in [2.24, 2.45) is 0 Å². The van der Waals surface area contributed by atoms with Crippen LogP contribution in [0.25, 0.3) is 0 Å². The van der Waals surface area contributed by atoms with Gasteiger partial charge in [-0.2, -0.15) is 0 Å². The Morgan fingerprint density at radius 2 is 2.33 bits per heavy atom. The van der Waals surface area contributed by atoms with Crippen molar-refractivity contribution < 1.29 is 0 Å². The van der Waals surface area contributed by atoms with Gasteiger partial charge in [0.15, 0.2) is 0 Å². The summed E-state index contributed by atoms with van der Waals surface area (Å²) in [5, 5.41) is 2.84. The molecule has 0 aromatic rings. The van der Waals surface area contributed by atoms with Crippen molar-refractivity contribution in [3.05, 3.63) is 11.5 Å². The Bertz CT molecular complexity index is 93.2. The van der Waals surface area contributed by atoms with Crippen LogP contribution in [0.5, 0.6) is 0 Å². The number of halogens is 1. The van der Waals surface area contributed by atoms with Gasteiger partial charge in [-0.05, 0) is 19.4 Å². The summed E-state index contributed by atoms with van der Waals surface area (Å²) in [6.45, 7) is 3.32. The molecule has 1 heterocycles. The van der Waals surface area contributed by atoms with Crippen molar-refractivity contribution >= 4 is 24.2 Å². The summed E-state index contributed by atoms with van der Waals surface area (Å²) in [6, 6.07) is 0. The van der Waals surface area contributed by atoms with Gasteiger partial charge in [-0.1, -0.05) is 6.08 Å². The molecule has 9 heavy (non-hydrogen) atoms. The molecule has 0 aromatic carbocycles. The second-order valence-corrected chi connectivity index (χ2v) is 3.27. The highest BCUT2D eigenvalue weighted by atomic mass is 35.5. The van der Waals surface area contributed by atoms with Gasteiger partial charge < -0.3 is 0 Å². The van der Waals surface area contributed by atoms with E-state index in [9.17, 15) is 0 Å². The zero-order valence-corrected chi connectivity index (χ0v) is 7.34. The lowest BCUT2D eigenvalue weighted by Gasteiger charge is -2.24. The molecule has 1 nitrogen and oxygen atoms in total. The minimum absolute atomic E-state index is 0. The average Bonchev–Trinajstić information content (AvgIpc) is 1.77. The Labute approximate surface area is 66.9 Å². The van der Waals surface area contributed by atoms with E-state index in [1.165, 1.54) is 0 Å². The van der Waals surface area contributed by atoms with Crippen LogP contribution in [0.4, 0.5) is 0 Å². The third-order valence-corrected chi connectivity index (χ3v) is 2.49. The number of thioether (sulfide) groups is 1. The quantitative estimate of drug-likeness (QED) is 0.540. The summed E-state index contributed by atoms with van der Waals surface area (Å²) in [7, 11) is 2.14. The molecule has 0 aromatic heterocycles. The molecular formula is C6H12ClNS. The average molecular weight is 166 g/mol. The Kier molecular flexibility index (Phi) is 4.36. The minimum atomic E-state index is 0. The predicted octanol–water partition coefficient (Wildman–Crippen LogP) is 1.95. The number of likely N-dealkylation sites (N-methyl/N-ethyl adjacent to an activating group) is 1. The second kappa shape index (κ2) is 4.20. The fourth-order valence-electron chi connectivity index (χ4n) is 0.631. The van der Waals surface area contributed by atoms with E-state index in [1.54, 1.807) is 0 Å². The molecular weight excluding hydrogens is 154 g/mol. The summed E-state index contributed by atoms with van der Waals surface area (Å²) in [5.74, 6) is 0. The van der Waals surface area contributed by atoms with Gasteiger partial charge in [0.1, 0.15) is 0 Å². The van der Waals surface area contributed by atoms with Crippen molar-refractivity contribution in [2.45, 2.75) is 12.3 Å². The van der Waals surface area contributed by atoms with Gasteiger partial charge in [-0.3, -0.25) is 4.90 Å². The van der Waals surface area contributed by atoms with Crippen molar-refractivity contribution in [3.63, 3.8) is 0 Å². The lowest BCUT2D eigenvalue weighted by atomic mass is 10.5. The maximum absolute atomic E-state index is 2.31. The van der Waals surface area contributed by atoms with E-state index in [2.05, 4.69) is 30.4 Å². The molecule has 0 N–H and O–H groups in total. The van der Waals surface area contributed by atoms with Crippen LogP contribution in [-0.4, -0.2) is 23.9 Å². The topological polar surface area (TPSA) is 3.24 Å². The molecule has 1 rings (SSSR count). The number of nitrogens with zero attached hydrogens (tertiary/aromatic N) is 1. The predicted molar refractivity (Wildman–Crippen MR) is 46.1 cm³/mol. The monoisotopic (exact) mass is 165 g/mol. The molecule has 0 spiro atoms. The third-order valence-electron chi connectivity index (χ3n) is 1.39. The molecule has 0 saturated heterocycles. The second-order valence-electron chi connectivity index (χ2n) is 2.05. The summed E-state index contributed by atoms with van der Waals surface area (Å²) < 4.78 is 0. The molecule has 0 fully saturated rings. The van der Waals surface area contributed by atoms with Crippen LogP contribution < -0.4 is 0 Å². The van der Waals surface area contributed by atoms with E-state index < -0.39 is 0 Å². The minimum Gasteiger partial charge on any atom is -0.291 e. The van der Waals surface area contributed by atoms with Gasteiger partial charge in [-0.15, -0.1) is 24.2 Å². The van der Waals surface area contributed by atoms with Crippen LogP contribution in [0.2, 0.25) is 0 Å². The van der Waals surface area contributed by atoms with Crippen molar-refractivity contribution in [3.8, 4) is 0 Å². The SMILES string of the molecule is CC1SC=CCN1C.Cl. The smallest absolute Gasteiger partial charge is 0.0570 e. The molecule has 0 amide bonds. The molecule has 54 valence electrons. The van der Waals surface area contributed by atoms with Crippen LogP contribution in [0.1, 0.15) is 6.92 Å². The van der Waals surface area contributed by atoms with Crippen LogP contribution in [0.15, 0.2) is 11.5 Å². The highest BCUT2D eigenvalue weighted by Crippen LogP contribution is 2.18. The van der Waals surface area contributed by atoms with Crippen LogP contribution in [0, 0.1) is 0 Å². The third kappa shape index (κ3) is 2.61. The molecule has 0 saturated carbocycles. The first-order chi connectivity index (χ1) is 3.80. The molecule has 0 radical (unpaired) electrons. The Hall–Kier alpha value is 0.340. The zero-order valence-electron chi connectivity index (χ0n) is 5.70. The van der Waals surface area contributed by atoms with Crippen molar-refractivity contribution in [1.29, 1.82) is 0 Å². The molecule has 0 aliphatic carbocycles. The van der Waals surface area contributed by atoms with E-state index in [4.69, 9.17) is 0 Å². The molecule has 0 bridgehead atoms. The Balaban J connectivity index is 0.000000640. The molecule has 1 aliphatic rings.